The molecule has 1 amide bonds. The monoisotopic (exact) mass is 243 g/mol. The molecule has 5 heteroatoms. The normalized spacial score (nSPS) is 19.8. The molecule has 1 atom stereocenters. The van der Waals surface area contributed by atoms with Gasteiger partial charge in [0.1, 0.15) is 5.88 Å². The number of hydrogen-bond acceptors (Lipinski definition) is 3. The van der Waals surface area contributed by atoms with Crippen LogP contribution in [-0.2, 0) is 11.2 Å². The molecule has 0 radical (unpaired) electrons. The Kier molecular flexibility index (Phi) is 3.07. The van der Waals surface area contributed by atoms with Crippen LogP contribution in [0.3, 0.4) is 0 Å². The highest BCUT2D eigenvalue weighted by Crippen LogP contribution is 2.26. The molecule has 1 aromatic rings. The van der Waals surface area contributed by atoms with Gasteiger partial charge >= 0.3 is 0 Å². The maximum atomic E-state index is 11.9. The van der Waals surface area contributed by atoms with E-state index in [-0.39, 0.29) is 17.6 Å². The van der Waals surface area contributed by atoms with Crippen LogP contribution in [0.25, 0.3) is 0 Å². The molecule has 0 aliphatic heterocycles. The molecule has 0 aromatic carbocycles. The minimum atomic E-state index is -0.390. The largest absolute Gasteiger partial charge is 0.345 e. The zero-order chi connectivity index (χ0) is 10.8. The van der Waals surface area contributed by atoms with Crippen molar-refractivity contribution in [1.82, 2.24) is 5.32 Å². The molecule has 0 bridgehead atoms. The van der Waals surface area contributed by atoms with Crippen LogP contribution in [0.5, 0.6) is 0 Å². The van der Waals surface area contributed by atoms with E-state index in [1.165, 1.54) is 0 Å². The topological polar surface area (TPSA) is 46.2 Å². The number of carbonyl (C=O) groups excluding carboxylic acids is 2. The third kappa shape index (κ3) is 2.06. The number of carbonyl (C=O) groups is 2. The quantitative estimate of drug-likeness (QED) is 0.802. The Bertz CT molecular complexity index is 402. The number of thiophene rings is 1. The van der Waals surface area contributed by atoms with E-state index in [0.29, 0.717) is 6.42 Å². The first-order valence-electron chi connectivity index (χ1n) is 4.68. The summed E-state index contributed by atoms with van der Waals surface area (Å²) in [5, 5.41) is 4.54. The number of aryl methyl sites for hydroxylation is 1. The van der Waals surface area contributed by atoms with Crippen LogP contribution in [-0.4, -0.2) is 23.6 Å². The van der Waals surface area contributed by atoms with Gasteiger partial charge < -0.3 is 5.32 Å². The molecular formula is C10H10ClNO2S. The van der Waals surface area contributed by atoms with Crippen LogP contribution in [0.1, 0.15) is 21.7 Å². The van der Waals surface area contributed by atoms with Gasteiger partial charge in [-0.3, -0.25) is 9.59 Å². The highest BCUT2D eigenvalue weighted by atomic mass is 35.5. The fourth-order valence-corrected chi connectivity index (χ4v) is 2.70. The second-order valence-corrected chi connectivity index (χ2v) is 4.68. The van der Waals surface area contributed by atoms with Gasteiger partial charge in [-0.1, -0.05) is 0 Å². The molecule has 0 saturated heterocycles. The molecule has 15 heavy (non-hydrogen) atoms. The predicted octanol–water partition coefficient (Wildman–Crippen LogP) is 1.60. The summed E-state index contributed by atoms with van der Waals surface area (Å²) in [5.41, 5.74) is 0.756. The minimum absolute atomic E-state index is 0.0102. The fourth-order valence-electron chi connectivity index (χ4n) is 1.72. The molecule has 0 saturated carbocycles. The number of ketones is 1. The maximum absolute atomic E-state index is 11.9. The molecule has 1 heterocycles. The number of amides is 1. The second-order valence-electron chi connectivity index (χ2n) is 3.41. The molecule has 1 aliphatic carbocycles. The van der Waals surface area contributed by atoms with Gasteiger partial charge in [-0.2, -0.15) is 0 Å². The highest BCUT2D eigenvalue weighted by molar-refractivity contribution is 7.10. The third-order valence-corrected chi connectivity index (χ3v) is 3.67. The number of alkyl halides is 1. The lowest BCUT2D eigenvalue weighted by molar-refractivity contribution is -0.119. The zero-order valence-corrected chi connectivity index (χ0v) is 9.53. The summed E-state index contributed by atoms with van der Waals surface area (Å²) < 4.78 is 0. The van der Waals surface area contributed by atoms with Crippen LogP contribution < -0.4 is 5.32 Å². The van der Waals surface area contributed by atoms with Crippen molar-refractivity contribution in [3.8, 4) is 0 Å². The summed E-state index contributed by atoms with van der Waals surface area (Å²) in [5.74, 6) is -0.370. The van der Waals surface area contributed by atoms with Crippen molar-refractivity contribution < 1.29 is 9.59 Å². The molecule has 1 unspecified atom stereocenters. The lowest BCUT2D eigenvalue weighted by Gasteiger charge is -2.21. The molecule has 1 aromatic heterocycles. The number of rotatable bonds is 2. The van der Waals surface area contributed by atoms with E-state index in [4.69, 9.17) is 11.6 Å². The maximum Gasteiger partial charge on any atom is 0.235 e. The molecule has 2 rings (SSSR count). The second kappa shape index (κ2) is 4.33. The first-order valence-corrected chi connectivity index (χ1v) is 6.09. The molecule has 80 valence electrons. The van der Waals surface area contributed by atoms with Crippen molar-refractivity contribution in [3.63, 3.8) is 0 Å². The van der Waals surface area contributed by atoms with Crippen LogP contribution in [0.4, 0.5) is 0 Å². The lowest BCUT2D eigenvalue weighted by Crippen LogP contribution is -2.43. The van der Waals surface area contributed by atoms with Gasteiger partial charge in [-0.25, -0.2) is 0 Å². The van der Waals surface area contributed by atoms with Crippen molar-refractivity contribution >= 4 is 34.6 Å². The Morgan fingerprint density at radius 1 is 1.67 bits per heavy atom. The molecule has 0 fully saturated rings. The van der Waals surface area contributed by atoms with Crippen LogP contribution in [0.15, 0.2) is 11.4 Å². The summed E-state index contributed by atoms with van der Waals surface area (Å²) >= 11 is 6.97. The average Bonchev–Trinajstić information content (AvgIpc) is 2.70. The summed E-state index contributed by atoms with van der Waals surface area (Å²) in [7, 11) is 0. The van der Waals surface area contributed by atoms with Gasteiger partial charge in [0.15, 0.2) is 5.78 Å². The van der Waals surface area contributed by atoms with Crippen molar-refractivity contribution in [2.45, 2.75) is 18.9 Å². The van der Waals surface area contributed by atoms with Gasteiger partial charge in [-0.15, -0.1) is 22.9 Å². The zero-order valence-electron chi connectivity index (χ0n) is 7.96. The van der Waals surface area contributed by atoms with E-state index in [9.17, 15) is 9.59 Å². The van der Waals surface area contributed by atoms with Gasteiger partial charge in [-0.05, 0) is 24.3 Å². The average molecular weight is 244 g/mol. The first kappa shape index (κ1) is 10.6. The predicted molar refractivity (Wildman–Crippen MR) is 59.6 cm³/mol. The summed E-state index contributed by atoms with van der Waals surface area (Å²) in [6.45, 7) is 0. The smallest absolute Gasteiger partial charge is 0.235 e. The van der Waals surface area contributed by atoms with Gasteiger partial charge in [0, 0.05) is 10.4 Å². The molecule has 3 nitrogen and oxygen atoms in total. The number of fused-ring (bicyclic) bond motifs is 1. The molecule has 1 aliphatic rings. The van der Waals surface area contributed by atoms with Crippen molar-refractivity contribution in [2.75, 3.05) is 5.88 Å². The van der Waals surface area contributed by atoms with Crippen molar-refractivity contribution in [1.29, 1.82) is 0 Å². The minimum Gasteiger partial charge on any atom is -0.345 e. The van der Waals surface area contributed by atoms with Crippen LogP contribution >= 0.6 is 22.9 Å². The molecule has 0 spiro atoms. The summed E-state index contributed by atoms with van der Waals surface area (Å²) in [6, 6.07) is 1.43. The third-order valence-electron chi connectivity index (χ3n) is 2.44. The van der Waals surface area contributed by atoms with Gasteiger partial charge in [0.2, 0.25) is 5.91 Å². The highest BCUT2D eigenvalue weighted by Gasteiger charge is 2.28. The Hall–Kier alpha value is -0.870. The van der Waals surface area contributed by atoms with E-state index in [0.717, 1.165) is 16.9 Å². The Labute approximate surface area is 96.4 Å². The van der Waals surface area contributed by atoms with E-state index in [1.807, 2.05) is 11.4 Å². The number of Topliss-reactive ketones (excluding diaryl/α,β-unsaturated/α-hetero) is 1. The van der Waals surface area contributed by atoms with Crippen molar-refractivity contribution in [3.05, 3.63) is 21.9 Å². The standard InChI is InChI=1S/C10H10ClNO2S/c11-5-9(13)12-7-1-2-8-6(10(7)14)3-4-15-8/h3-4,7H,1-2,5H2,(H,12,13). The molecule has 1 N–H and O–H groups in total. The lowest BCUT2D eigenvalue weighted by atomic mass is 9.93. The van der Waals surface area contributed by atoms with Crippen molar-refractivity contribution in [2.24, 2.45) is 0 Å². The Balaban J connectivity index is 2.13. The SMILES string of the molecule is O=C(CCl)NC1CCc2sccc2C1=O. The summed E-state index contributed by atoms with van der Waals surface area (Å²) in [4.78, 5) is 24.1. The van der Waals surface area contributed by atoms with E-state index in [2.05, 4.69) is 5.32 Å². The van der Waals surface area contributed by atoms with Gasteiger partial charge in [0.05, 0.1) is 6.04 Å². The Morgan fingerprint density at radius 2 is 2.47 bits per heavy atom. The van der Waals surface area contributed by atoms with E-state index < -0.39 is 6.04 Å². The van der Waals surface area contributed by atoms with Gasteiger partial charge in [0.25, 0.3) is 0 Å². The number of hydrogen-bond donors (Lipinski definition) is 1. The number of halogens is 1. The first-order chi connectivity index (χ1) is 7.22. The van der Waals surface area contributed by atoms with Crippen LogP contribution in [0.2, 0.25) is 0 Å². The number of nitrogens with one attached hydrogen (secondary N) is 1. The van der Waals surface area contributed by atoms with Crippen LogP contribution in [0, 0.1) is 0 Å². The van der Waals surface area contributed by atoms with E-state index >= 15 is 0 Å². The molecular weight excluding hydrogens is 234 g/mol. The summed E-state index contributed by atoms with van der Waals surface area (Å²) in [6.07, 6.45) is 1.53. The fraction of sp³-hybridized carbons (Fsp3) is 0.400. The van der Waals surface area contributed by atoms with E-state index in [1.54, 1.807) is 11.3 Å². The Morgan fingerprint density at radius 3 is 3.20 bits per heavy atom.